The summed E-state index contributed by atoms with van der Waals surface area (Å²) in [4.78, 5) is 24.1. The molecular formula is C24H22O9. The number of esters is 2. The fourth-order valence-electron chi connectivity index (χ4n) is 3.21. The van der Waals surface area contributed by atoms with E-state index in [-0.39, 0.29) is 33.8 Å². The molecule has 0 amide bonds. The minimum Gasteiger partial charge on any atom is -0.508 e. The summed E-state index contributed by atoms with van der Waals surface area (Å²) in [5.41, 5.74) is 0.128. The molecule has 0 aliphatic rings. The van der Waals surface area contributed by atoms with Gasteiger partial charge in [-0.05, 0) is 42.3 Å². The monoisotopic (exact) mass is 454 g/mol. The summed E-state index contributed by atoms with van der Waals surface area (Å²) >= 11 is 0. The molecular weight excluding hydrogens is 432 g/mol. The van der Waals surface area contributed by atoms with Gasteiger partial charge in [-0.15, -0.1) is 0 Å². The van der Waals surface area contributed by atoms with Crippen LogP contribution in [0.4, 0.5) is 0 Å². The highest BCUT2D eigenvalue weighted by atomic mass is 16.6. The van der Waals surface area contributed by atoms with Crippen LogP contribution in [0.1, 0.15) is 20.3 Å². The highest BCUT2D eigenvalue weighted by molar-refractivity contribution is 5.95. The molecule has 33 heavy (non-hydrogen) atoms. The van der Waals surface area contributed by atoms with E-state index in [2.05, 4.69) is 0 Å². The zero-order valence-corrected chi connectivity index (χ0v) is 17.8. The Morgan fingerprint density at radius 1 is 0.758 bits per heavy atom. The molecule has 5 N–H and O–H groups in total. The number of carbonyl (C=O) groups is 2. The number of hydrogen-bond acceptors (Lipinski definition) is 9. The Morgan fingerprint density at radius 2 is 1.15 bits per heavy atom. The lowest BCUT2D eigenvalue weighted by Gasteiger charge is -2.21. The summed E-state index contributed by atoms with van der Waals surface area (Å²) in [6.45, 7) is 2.49. The van der Waals surface area contributed by atoms with Crippen molar-refractivity contribution in [3.63, 3.8) is 0 Å². The molecule has 0 saturated carbocycles. The Bertz CT molecular complexity index is 1180. The van der Waals surface area contributed by atoms with Crippen LogP contribution in [-0.4, -0.2) is 43.6 Å². The minimum absolute atomic E-state index is 0.0687. The van der Waals surface area contributed by atoms with E-state index in [1.807, 2.05) is 0 Å². The second-order valence-corrected chi connectivity index (χ2v) is 7.32. The molecule has 9 heteroatoms. The van der Waals surface area contributed by atoms with Crippen LogP contribution in [0, 0.1) is 0 Å². The van der Waals surface area contributed by atoms with E-state index in [1.165, 1.54) is 55.5 Å². The maximum atomic E-state index is 12.3. The highest BCUT2D eigenvalue weighted by Gasteiger charge is 2.30. The van der Waals surface area contributed by atoms with Crippen molar-refractivity contribution < 1.29 is 44.6 Å². The van der Waals surface area contributed by atoms with Gasteiger partial charge in [0.25, 0.3) is 0 Å². The van der Waals surface area contributed by atoms with Crippen LogP contribution < -0.4 is 9.47 Å². The molecule has 0 aliphatic heterocycles. The molecule has 3 aromatic rings. The maximum Gasteiger partial charge on any atom is 0.313 e. The molecule has 0 unspecified atom stereocenters. The van der Waals surface area contributed by atoms with E-state index >= 15 is 0 Å². The fourth-order valence-corrected chi connectivity index (χ4v) is 3.21. The minimum atomic E-state index is -1.03. The molecule has 3 aromatic carbocycles. The zero-order valence-electron chi connectivity index (χ0n) is 17.8. The van der Waals surface area contributed by atoms with Gasteiger partial charge < -0.3 is 35.0 Å². The summed E-state index contributed by atoms with van der Waals surface area (Å²) in [6.07, 6.45) is -1.42. The Hall–Kier alpha value is -4.24. The first kappa shape index (κ1) is 23.4. The van der Waals surface area contributed by atoms with Gasteiger partial charge in [0, 0.05) is 6.92 Å². The SMILES string of the molecule is CC(=O)Oc1c(O)c(-c2ccc(O)cc2)c(OC(=O)C[C@H](C)O)c(O)c1-c1ccc(O)cc1. The summed E-state index contributed by atoms with van der Waals surface area (Å²) in [6, 6.07) is 10.9. The number of aliphatic hydroxyl groups is 1. The molecule has 0 aromatic heterocycles. The molecule has 9 nitrogen and oxygen atoms in total. The van der Waals surface area contributed by atoms with E-state index in [0.29, 0.717) is 0 Å². The second-order valence-electron chi connectivity index (χ2n) is 7.32. The Morgan fingerprint density at radius 3 is 1.52 bits per heavy atom. The van der Waals surface area contributed by atoms with E-state index in [0.717, 1.165) is 6.92 Å². The number of aromatic hydroxyl groups is 4. The summed E-state index contributed by atoms with van der Waals surface area (Å²) in [7, 11) is 0. The van der Waals surface area contributed by atoms with E-state index in [1.54, 1.807) is 0 Å². The number of carbonyl (C=O) groups excluding carboxylic acids is 2. The summed E-state index contributed by atoms with van der Waals surface area (Å²) in [5.74, 6) is -3.91. The highest BCUT2D eigenvalue weighted by Crippen LogP contribution is 2.56. The van der Waals surface area contributed by atoms with Crippen molar-refractivity contribution in [3.8, 4) is 56.8 Å². The number of hydrogen-bond donors (Lipinski definition) is 5. The van der Waals surface area contributed by atoms with Crippen LogP contribution in [0.2, 0.25) is 0 Å². The molecule has 0 saturated heterocycles. The van der Waals surface area contributed by atoms with E-state index < -0.39 is 47.5 Å². The number of phenols is 4. The smallest absolute Gasteiger partial charge is 0.313 e. The molecule has 0 spiro atoms. The van der Waals surface area contributed by atoms with Gasteiger partial charge in [0.2, 0.25) is 0 Å². The van der Waals surface area contributed by atoms with Gasteiger partial charge in [0.1, 0.15) is 11.5 Å². The largest absolute Gasteiger partial charge is 0.508 e. The van der Waals surface area contributed by atoms with Crippen molar-refractivity contribution in [2.24, 2.45) is 0 Å². The lowest BCUT2D eigenvalue weighted by atomic mass is 9.95. The van der Waals surface area contributed by atoms with Crippen LogP contribution in [0.25, 0.3) is 22.3 Å². The number of rotatable bonds is 6. The molecule has 1 atom stereocenters. The van der Waals surface area contributed by atoms with Crippen molar-refractivity contribution in [3.05, 3.63) is 48.5 Å². The molecule has 0 radical (unpaired) electrons. The third-order valence-corrected chi connectivity index (χ3v) is 4.59. The number of benzene rings is 3. The van der Waals surface area contributed by atoms with E-state index in [9.17, 15) is 35.1 Å². The molecule has 0 heterocycles. The zero-order chi connectivity index (χ0) is 24.3. The lowest BCUT2D eigenvalue weighted by Crippen LogP contribution is -2.16. The number of aliphatic hydroxyl groups excluding tert-OH is 1. The fraction of sp³-hybridized carbons (Fsp3) is 0.167. The first-order valence-electron chi connectivity index (χ1n) is 9.86. The van der Waals surface area contributed by atoms with Gasteiger partial charge in [-0.25, -0.2) is 0 Å². The Balaban J connectivity index is 2.36. The van der Waals surface area contributed by atoms with Gasteiger partial charge in [-0.1, -0.05) is 24.3 Å². The normalized spacial score (nSPS) is 11.6. The Kier molecular flexibility index (Phi) is 6.74. The molecule has 172 valence electrons. The van der Waals surface area contributed by atoms with Gasteiger partial charge in [0.15, 0.2) is 23.0 Å². The predicted octanol–water partition coefficient (Wildman–Crippen LogP) is 3.44. The molecule has 0 fully saturated rings. The van der Waals surface area contributed by atoms with Crippen molar-refractivity contribution in [1.29, 1.82) is 0 Å². The summed E-state index contributed by atoms with van der Waals surface area (Å²) < 4.78 is 10.5. The quantitative estimate of drug-likeness (QED) is 0.214. The third kappa shape index (κ3) is 5.16. The number of phenolic OH excluding ortho intramolecular Hbond substituents is 4. The van der Waals surface area contributed by atoms with Crippen molar-refractivity contribution in [2.75, 3.05) is 0 Å². The first-order chi connectivity index (χ1) is 15.6. The maximum absolute atomic E-state index is 12.3. The van der Waals surface area contributed by atoms with Gasteiger partial charge in [-0.2, -0.15) is 0 Å². The lowest BCUT2D eigenvalue weighted by molar-refractivity contribution is -0.136. The van der Waals surface area contributed by atoms with Gasteiger partial charge >= 0.3 is 11.9 Å². The molecule has 0 aliphatic carbocycles. The predicted molar refractivity (Wildman–Crippen MR) is 117 cm³/mol. The van der Waals surface area contributed by atoms with Crippen LogP contribution in [0.5, 0.6) is 34.5 Å². The van der Waals surface area contributed by atoms with Gasteiger partial charge in [-0.3, -0.25) is 9.59 Å². The average molecular weight is 454 g/mol. The molecule has 3 rings (SSSR count). The summed E-state index contributed by atoms with van der Waals surface area (Å²) in [5, 5.41) is 51.0. The van der Waals surface area contributed by atoms with Crippen LogP contribution in [-0.2, 0) is 9.59 Å². The van der Waals surface area contributed by atoms with Crippen LogP contribution >= 0.6 is 0 Å². The van der Waals surface area contributed by atoms with Crippen LogP contribution in [0.3, 0.4) is 0 Å². The second kappa shape index (κ2) is 9.49. The standard InChI is InChI=1S/C24H22O9/c1-12(25)11-18(29)33-24-20(15-5-9-17(28)10-6-15)21(30)23(32-13(2)26)19(22(24)31)14-3-7-16(27)8-4-14/h3-10,12,25,27-28,30-31H,11H2,1-2H3/t12-/m0/s1. The van der Waals surface area contributed by atoms with E-state index in [4.69, 9.17) is 9.47 Å². The third-order valence-electron chi connectivity index (χ3n) is 4.59. The van der Waals surface area contributed by atoms with Gasteiger partial charge in [0.05, 0.1) is 23.7 Å². The first-order valence-corrected chi connectivity index (χ1v) is 9.86. The van der Waals surface area contributed by atoms with Crippen LogP contribution in [0.15, 0.2) is 48.5 Å². The van der Waals surface area contributed by atoms with Crippen molar-refractivity contribution >= 4 is 11.9 Å². The molecule has 0 bridgehead atoms. The Labute approximate surface area is 188 Å². The van der Waals surface area contributed by atoms with Crippen molar-refractivity contribution in [2.45, 2.75) is 26.4 Å². The number of ether oxygens (including phenoxy) is 2. The van der Waals surface area contributed by atoms with Crippen molar-refractivity contribution in [1.82, 2.24) is 0 Å². The topological polar surface area (TPSA) is 154 Å². The average Bonchev–Trinajstić information content (AvgIpc) is 2.73.